The van der Waals surface area contributed by atoms with Crippen LogP contribution in [0.4, 0.5) is 23.4 Å². The van der Waals surface area contributed by atoms with E-state index in [0.29, 0.717) is 5.69 Å². The fourth-order valence-corrected chi connectivity index (χ4v) is 3.77. The van der Waals surface area contributed by atoms with Gasteiger partial charge in [0.1, 0.15) is 17.3 Å². The highest BCUT2D eigenvalue weighted by atomic mass is 19.4. The first-order valence-corrected chi connectivity index (χ1v) is 10.9. The van der Waals surface area contributed by atoms with Gasteiger partial charge in [0.15, 0.2) is 5.82 Å². The number of amides is 2. The maximum absolute atomic E-state index is 14.9. The molecule has 0 aliphatic rings. The van der Waals surface area contributed by atoms with E-state index >= 15 is 0 Å². The molecule has 3 heterocycles. The summed E-state index contributed by atoms with van der Waals surface area (Å²) in [5.41, 5.74) is 3.37. The van der Waals surface area contributed by atoms with Gasteiger partial charge in [-0.05, 0) is 36.4 Å². The maximum atomic E-state index is 14.9. The number of nitrogens with one attached hydrogen (secondary N) is 1. The van der Waals surface area contributed by atoms with E-state index in [1.54, 1.807) is 30.3 Å². The minimum Gasteiger partial charge on any atom is -0.364 e. The van der Waals surface area contributed by atoms with Gasteiger partial charge in [0, 0.05) is 24.2 Å². The Kier molecular flexibility index (Phi) is 6.03. The fourth-order valence-electron chi connectivity index (χ4n) is 3.77. The number of hydrogen-bond acceptors (Lipinski definition) is 6. The highest BCUT2D eigenvalue weighted by Crippen LogP contribution is 2.37. The molecule has 3 aromatic heterocycles. The summed E-state index contributed by atoms with van der Waals surface area (Å²) >= 11 is 0. The zero-order chi connectivity index (χ0) is 27.0. The van der Waals surface area contributed by atoms with Crippen molar-refractivity contribution in [3.8, 4) is 17.1 Å². The summed E-state index contributed by atoms with van der Waals surface area (Å²) in [6.45, 7) is 0. The lowest BCUT2D eigenvalue weighted by atomic mass is 10.0. The minimum atomic E-state index is -4.93. The molecule has 2 amide bonds. The van der Waals surface area contributed by atoms with Crippen molar-refractivity contribution < 1.29 is 27.2 Å². The number of nitrogens with zero attached hydrogens (tertiary/aromatic N) is 5. The second-order valence-electron chi connectivity index (χ2n) is 7.95. The van der Waals surface area contributed by atoms with E-state index in [4.69, 9.17) is 5.73 Å². The molecule has 13 heteroatoms. The molecule has 9 nitrogen and oxygen atoms in total. The van der Waals surface area contributed by atoms with Gasteiger partial charge in [0.25, 0.3) is 11.8 Å². The first-order valence-electron chi connectivity index (χ1n) is 10.9. The standard InChI is InChI=1S/C25H15F4N7O2/c26-18-10-17(25(27,28)29)14(22-31-7-4-8-32-22)9-15(18)24(38)34-23-16-12-33-20(21(30)37)11-19(16)35-36(23)13-5-2-1-3-6-13/h1-12H,(H2,30,37)(H,34,38). The first-order chi connectivity index (χ1) is 18.1. The molecule has 0 fully saturated rings. The average molecular weight is 521 g/mol. The van der Waals surface area contributed by atoms with Crippen LogP contribution in [0.3, 0.4) is 0 Å². The number of hydrogen-bond donors (Lipinski definition) is 2. The number of halogens is 4. The van der Waals surface area contributed by atoms with Crippen LogP contribution in [0.1, 0.15) is 26.4 Å². The van der Waals surface area contributed by atoms with Crippen LogP contribution in [0.25, 0.3) is 28.0 Å². The maximum Gasteiger partial charge on any atom is 0.417 e. The third-order valence-electron chi connectivity index (χ3n) is 5.51. The van der Waals surface area contributed by atoms with Crippen LogP contribution in [0.15, 0.2) is 73.2 Å². The number of aromatic nitrogens is 5. The molecule has 0 bridgehead atoms. The highest BCUT2D eigenvalue weighted by molar-refractivity contribution is 6.09. The van der Waals surface area contributed by atoms with E-state index in [2.05, 4.69) is 25.4 Å². The van der Waals surface area contributed by atoms with Crippen molar-refractivity contribution in [1.82, 2.24) is 24.7 Å². The van der Waals surface area contributed by atoms with Gasteiger partial charge in [-0.2, -0.15) is 18.3 Å². The van der Waals surface area contributed by atoms with Crippen molar-refractivity contribution in [3.63, 3.8) is 0 Å². The van der Waals surface area contributed by atoms with E-state index in [9.17, 15) is 27.2 Å². The lowest BCUT2D eigenvalue weighted by Crippen LogP contribution is -2.18. The van der Waals surface area contributed by atoms with E-state index in [1.165, 1.54) is 35.4 Å². The summed E-state index contributed by atoms with van der Waals surface area (Å²) in [4.78, 5) is 36.5. The Balaban J connectivity index is 1.64. The lowest BCUT2D eigenvalue weighted by Gasteiger charge is -2.15. The predicted octanol–water partition coefficient (Wildman–Crippen LogP) is 4.39. The van der Waals surface area contributed by atoms with Gasteiger partial charge in [-0.3, -0.25) is 14.6 Å². The lowest BCUT2D eigenvalue weighted by molar-refractivity contribution is -0.137. The van der Waals surface area contributed by atoms with E-state index in [-0.39, 0.29) is 34.3 Å². The smallest absolute Gasteiger partial charge is 0.364 e. The average Bonchev–Trinajstić information content (AvgIpc) is 3.26. The third-order valence-corrected chi connectivity index (χ3v) is 5.51. The van der Waals surface area contributed by atoms with Crippen LogP contribution >= 0.6 is 0 Å². The quantitative estimate of drug-likeness (QED) is 0.330. The molecule has 0 spiro atoms. The summed E-state index contributed by atoms with van der Waals surface area (Å²) in [6, 6.07) is 12.2. The number of anilines is 1. The Morgan fingerprint density at radius 2 is 1.66 bits per heavy atom. The number of para-hydroxylation sites is 1. The molecule has 38 heavy (non-hydrogen) atoms. The SMILES string of the molecule is NC(=O)c1cc2nn(-c3ccccc3)c(NC(=O)c3cc(-c4ncccn4)c(C(F)(F)F)cc3F)c2cn1. The molecule has 0 unspecified atom stereocenters. The van der Waals surface area contributed by atoms with Crippen LogP contribution in [0.2, 0.25) is 0 Å². The third kappa shape index (κ3) is 4.52. The Bertz CT molecular complexity index is 1690. The molecule has 2 aromatic carbocycles. The van der Waals surface area contributed by atoms with Gasteiger partial charge in [-0.25, -0.2) is 19.0 Å². The van der Waals surface area contributed by atoms with Crippen LogP contribution in [-0.2, 0) is 6.18 Å². The first kappa shape index (κ1) is 24.5. The molecular formula is C25H15F4N7O2. The summed E-state index contributed by atoms with van der Waals surface area (Å²) in [7, 11) is 0. The largest absolute Gasteiger partial charge is 0.417 e. The second-order valence-corrected chi connectivity index (χ2v) is 7.95. The van der Waals surface area contributed by atoms with E-state index in [1.807, 2.05) is 0 Å². The zero-order valence-electron chi connectivity index (χ0n) is 19.1. The number of rotatable bonds is 5. The molecule has 0 aliphatic heterocycles. The molecule has 0 aliphatic carbocycles. The van der Waals surface area contributed by atoms with Crippen LogP contribution in [0, 0.1) is 5.82 Å². The van der Waals surface area contributed by atoms with Crippen molar-refractivity contribution in [1.29, 1.82) is 0 Å². The number of carbonyl (C=O) groups is 2. The molecule has 0 saturated heterocycles. The van der Waals surface area contributed by atoms with Crippen molar-refractivity contribution in [2.45, 2.75) is 6.18 Å². The topological polar surface area (TPSA) is 129 Å². The second kappa shape index (κ2) is 9.35. The molecule has 0 atom stereocenters. The highest BCUT2D eigenvalue weighted by Gasteiger charge is 2.36. The molecule has 5 aromatic rings. The number of pyridine rings is 1. The summed E-state index contributed by atoms with van der Waals surface area (Å²) in [6.07, 6.45) is -1.23. The van der Waals surface area contributed by atoms with Gasteiger partial charge in [-0.15, -0.1) is 0 Å². The number of nitrogens with two attached hydrogens (primary N) is 1. The van der Waals surface area contributed by atoms with Gasteiger partial charge in [-0.1, -0.05) is 18.2 Å². The van der Waals surface area contributed by atoms with Crippen LogP contribution in [-0.4, -0.2) is 36.5 Å². The molecule has 5 rings (SSSR count). The van der Waals surface area contributed by atoms with E-state index < -0.39 is 40.5 Å². The monoisotopic (exact) mass is 521 g/mol. The number of primary amides is 1. The van der Waals surface area contributed by atoms with Crippen molar-refractivity contribution in [2.75, 3.05) is 5.32 Å². The van der Waals surface area contributed by atoms with Gasteiger partial charge >= 0.3 is 6.18 Å². The Hall–Kier alpha value is -5.20. The van der Waals surface area contributed by atoms with Gasteiger partial charge in [0.05, 0.1) is 27.7 Å². The Labute approximate surface area is 211 Å². The number of carbonyl (C=O) groups excluding carboxylic acids is 2. The Morgan fingerprint density at radius 1 is 0.947 bits per heavy atom. The van der Waals surface area contributed by atoms with Gasteiger partial charge < -0.3 is 11.1 Å². The van der Waals surface area contributed by atoms with Crippen molar-refractivity contribution >= 4 is 28.5 Å². The number of alkyl halides is 3. The Morgan fingerprint density at radius 3 is 2.32 bits per heavy atom. The van der Waals surface area contributed by atoms with Crippen LogP contribution in [0.5, 0.6) is 0 Å². The normalized spacial score (nSPS) is 11.5. The molecule has 0 saturated carbocycles. The van der Waals surface area contributed by atoms with Crippen molar-refractivity contribution in [2.24, 2.45) is 5.73 Å². The molecule has 0 radical (unpaired) electrons. The minimum absolute atomic E-state index is 0.0385. The number of benzene rings is 2. The van der Waals surface area contributed by atoms with E-state index in [0.717, 1.165) is 6.07 Å². The summed E-state index contributed by atoms with van der Waals surface area (Å²) in [5, 5.41) is 7.19. The number of fused-ring (bicyclic) bond motifs is 1. The van der Waals surface area contributed by atoms with Gasteiger partial charge in [0.2, 0.25) is 0 Å². The summed E-state index contributed by atoms with van der Waals surface area (Å²) in [5.74, 6) is -3.56. The van der Waals surface area contributed by atoms with Crippen molar-refractivity contribution in [3.05, 3.63) is 95.8 Å². The molecule has 3 N–H and O–H groups in total. The molecular weight excluding hydrogens is 506 g/mol. The van der Waals surface area contributed by atoms with Crippen LogP contribution < -0.4 is 11.1 Å². The summed E-state index contributed by atoms with van der Waals surface area (Å²) < 4.78 is 57.3. The zero-order valence-corrected chi connectivity index (χ0v) is 19.1. The predicted molar refractivity (Wildman–Crippen MR) is 128 cm³/mol. The molecule has 190 valence electrons. The fraction of sp³-hybridized carbons (Fsp3) is 0.0400.